The number of carbonyl (C=O) groups is 1. The van der Waals surface area contributed by atoms with Gasteiger partial charge in [-0.2, -0.15) is 0 Å². The quantitative estimate of drug-likeness (QED) is 0.909. The van der Waals surface area contributed by atoms with Crippen molar-refractivity contribution in [2.75, 3.05) is 19.7 Å². The van der Waals surface area contributed by atoms with Crippen LogP contribution < -0.4 is 9.47 Å². The Hall–Kier alpha value is -1.91. The topological polar surface area (TPSA) is 59.0 Å². The molecular formula is C14H19NO4. The smallest absolute Gasteiger partial charge is 0.407 e. The molecule has 104 valence electrons. The van der Waals surface area contributed by atoms with E-state index >= 15 is 0 Å². The molecule has 0 bridgehead atoms. The molecule has 1 aromatic rings. The number of amides is 1. The zero-order valence-corrected chi connectivity index (χ0v) is 11.0. The van der Waals surface area contributed by atoms with Gasteiger partial charge in [0.15, 0.2) is 11.5 Å². The van der Waals surface area contributed by atoms with Crippen LogP contribution in [0.25, 0.3) is 0 Å². The molecule has 0 radical (unpaired) electrons. The minimum Gasteiger partial charge on any atom is -0.490 e. The van der Waals surface area contributed by atoms with Gasteiger partial charge in [0.2, 0.25) is 0 Å². The summed E-state index contributed by atoms with van der Waals surface area (Å²) in [7, 11) is 0. The lowest BCUT2D eigenvalue weighted by Crippen LogP contribution is -2.43. The summed E-state index contributed by atoms with van der Waals surface area (Å²) in [6.45, 7) is 3.49. The first-order valence-corrected chi connectivity index (χ1v) is 6.57. The Morgan fingerprint density at radius 3 is 2.84 bits per heavy atom. The largest absolute Gasteiger partial charge is 0.490 e. The highest BCUT2D eigenvalue weighted by molar-refractivity contribution is 5.65. The third-order valence-corrected chi connectivity index (χ3v) is 3.09. The Balaban J connectivity index is 2.02. The molecule has 1 aliphatic rings. The number of rotatable bonds is 4. The van der Waals surface area contributed by atoms with Crippen LogP contribution in [0.15, 0.2) is 24.3 Å². The molecule has 1 atom stereocenters. The zero-order chi connectivity index (χ0) is 13.7. The number of para-hydroxylation sites is 2. The van der Waals surface area contributed by atoms with Crippen molar-refractivity contribution in [3.63, 3.8) is 0 Å². The average Bonchev–Trinajstić information content (AvgIpc) is 2.41. The van der Waals surface area contributed by atoms with Gasteiger partial charge >= 0.3 is 6.09 Å². The maximum absolute atomic E-state index is 11.0. The SMILES string of the molecule is CCOc1ccccc1O[C@@H]1CCCN(C(=O)O)C1. The molecule has 0 unspecified atom stereocenters. The van der Waals surface area contributed by atoms with Gasteiger partial charge in [-0.1, -0.05) is 12.1 Å². The minimum absolute atomic E-state index is 0.105. The molecule has 1 N–H and O–H groups in total. The predicted molar refractivity (Wildman–Crippen MR) is 70.9 cm³/mol. The first kappa shape index (κ1) is 13.5. The summed E-state index contributed by atoms with van der Waals surface area (Å²) in [4.78, 5) is 12.4. The van der Waals surface area contributed by atoms with Gasteiger partial charge in [0, 0.05) is 6.54 Å². The van der Waals surface area contributed by atoms with Gasteiger partial charge < -0.3 is 19.5 Å². The fraction of sp³-hybridized carbons (Fsp3) is 0.500. The molecule has 2 rings (SSSR count). The molecule has 1 saturated heterocycles. The lowest BCUT2D eigenvalue weighted by atomic mass is 10.1. The van der Waals surface area contributed by atoms with E-state index in [2.05, 4.69) is 0 Å². The summed E-state index contributed by atoms with van der Waals surface area (Å²) in [6.07, 6.45) is 0.704. The average molecular weight is 265 g/mol. The van der Waals surface area contributed by atoms with E-state index in [1.807, 2.05) is 31.2 Å². The van der Waals surface area contributed by atoms with Crippen LogP contribution in [-0.2, 0) is 0 Å². The van der Waals surface area contributed by atoms with E-state index in [9.17, 15) is 4.79 Å². The van der Waals surface area contributed by atoms with Crippen molar-refractivity contribution in [1.82, 2.24) is 4.90 Å². The van der Waals surface area contributed by atoms with Crippen LogP contribution in [0.4, 0.5) is 4.79 Å². The Bertz CT molecular complexity index is 435. The standard InChI is InChI=1S/C14H19NO4/c1-2-18-12-7-3-4-8-13(12)19-11-6-5-9-15(10-11)14(16)17/h3-4,7-8,11H,2,5-6,9-10H2,1H3,(H,16,17)/t11-/m1/s1. The molecule has 1 aromatic carbocycles. The molecule has 1 aliphatic heterocycles. The second kappa shape index (κ2) is 6.31. The first-order chi connectivity index (χ1) is 9.20. The highest BCUT2D eigenvalue weighted by Crippen LogP contribution is 2.29. The van der Waals surface area contributed by atoms with Crippen LogP contribution in [0, 0.1) is 0 Å². The minimum atomic E-state index is -0.883. The molecule has 1 amide bonds. The highest BCUT2D eigenvalue weighted by Gasteiger charge is 2.25. The van der Waals surface area contributed by atoms with E-state index in [1.54, 1.807) is 0 Å². The first-order valence-electron chi connectivity index (χ1n) is 6.57. The fourth-order valence-electron chi connectivity index (χ4n) is 2.21. The van der Waals surface area contributed by atoms with Crippen LogP contribution >= 0.6 is 0 Å². The molecule has 0 aromatic heterocycles. The highest BCUT2D eigenvalue weighted by atomic mass is 16.5. The van der Waals surface area contributed by atoms with E-state index in [0.717, 1.165) is 12.8 Å². The van der Waals surface area contributed by atoms with Gasteiger partial charge in [-0.3, -0.25) is 0 Å². The van der Waals surface area contributed by atoms with E-state index < -0.39 is 6.09 Å². The van der Waals surface area contributed by atoms with Crippen molar-refractivity contribution >= 4 is 6.09 Å². The molecule has 5 heteroatoms. The van der Waals surface area contributed by atoms with E-state index in [0.29, 0.717) is 31.2 Å². The van der Waals surface area contributed by atoms with Crippen molar-refractivity contribution < 1.29 is 19.4 Å². The van der Waals surface area contributed by atoms with Gasteiger partial charge in [0.1, 0.15) is 6.10 Å². The monoisotopic (exact) mass is 265 g/mol. The van der Waals surface area contributed by atoms with Crippen molar-refractivity contribution in [2.24, 2.45) is 0 Å². The molecule has 5 nitrogen and oxygen atoms in total. The van der Waals surface area contributed by atoms with Gasteiger partial charge in [-0.15, -0.1) is 0 Å². The van der Waals surface area contributed by atoms with Crippen molar-refractivity contribution in [3.8, 4) is 11.5 Å². The van der Waals surface area contributed by atoms with Crippen molar-refractivity contribution in [2.45, 2.75) is 25.9 Å². The maximum atomic E-state index is 11.0. The lowest BCUT2D eigenvalue weighted by molar-refractivity contribution is 0.0773. The van der Waals surface area contributed by atoms with Crippen LogP contribution in [-0.4, -0.2) is 41.9 Å². The zero-order valence-electron chi connectivity index (χ0n) is 11.0. The number of benzene rings is 1. The van der Waals surface area contributed by atoms with E-state index in [-0.39, 0.29) is 6.10 Å². The Morgan fingerprint density at radius 1 is 1.42 bits per heavy atom. The van der Waals surface area contributed by atoms with Gasteiger partial charge in [-0.25, -0.2) is 4.79 Å². The Kier molecular flexibility index (Phi) is 4.49. The van der Waals surface area contributed by atoms with Crippen molar-refractivity contribution in [1.29, 1.82) is 0 Å². The number of ether oxygens (including phenoxy) is 2. The molecular weight excluding hydrogens is 246 g/mol. The van der Waals surface area contributed by atoms with Crippen LogP contribution in [0.2, 0.25) is 0 Å². The van der Waals surface area contributed by atoms with Crippen LogP contribution in [0.3, 0.4) is 0 Å². The summed E-state index contributed by atoms with van der Waals surface area (Å²) in [5.74, 6) is 1.39. The molecule has 19 heavy (non-hydrogen) atoms. The summed E-state index contributed by atoms with van der Waals surface area (Å²) in [5, 5.41) is 9.01. The Morgan fingerprint density at radius 2 is 2.16 bits per heavy atom. The number of likely N-dealkylation sites (tertiary alicyclic amines) is 1. The number of carboxylic acid groups (broad SMARTS) is 1. The normalized spacial score (nSPS) is 19.0. The molecule has 0 saturated carbocycles. The third kappa shape index (κ3) is 3.53. The second-order valence-corrected chi connectivity index (χ2v) is 4.49. The lowest BCUT2D eigenvalue weighted by Gasteiger charge is -2.31. The third-order valence-electron chi connectivity index (χ3n) is 3.09. The molecule has 1 fully saturated rings. The van der Waals surface area contributed by atoms with Gasteiger partial charge in [0.05, 0.1) is 13.2 Å². The van der Waals surface area contributed by atoms with Crippen LogP contribution in [0.5, 0.6) is 11.5 Å². The van der Waals surface area contributed by atoms with Gasteiger partial charge in [0.25, 0.3) is 0 Å². The van der Waals surface area contributed by atoms with Gasteiger partial charge in [-0.05, 0) is 31.9 Å². The maximum Gasteiger partial charge on any atom is 0.407 e. The Labute approximate surface area is 112 Å². The molecule has 0 aliphatic carbocycles. The number of nitrogens with zero attached hydrogens (tertiary/aromatic N) is 1. The van der Waals surface area contributed by atoms with E-state index in [4.69, 9.17) is 14.6 Å². The summed E-state index contributed by atoms with van der Waals surface area (Å²) < 4.78 is 11.4. The second-order valence-electron chi connectivity index (χ2n) is 4.49. The summed E-state index contributed by atoms with van der Waals surface area (Å²) in [5.41, 5.74) is 0. The van der Waals surface area contributed by atoms with Crippen LogP contribution in [0.1, 0.15) is 19.8 Å². The number of hydrogen-bond acceptors (Lipinski definition) is 3. The fourth-order valence-corrected chi connectivity index (χ4v) is 2.21. The molecule has 0 spiro atoms. The predicted octanol–water partition coefficient (Wildman–Crippen LogP) is 2.61. The summed E-state index contributed by atoms with van der Waals surface area (Å²) >= 11 is 0. The summed E-state index contributed by atoms with van der Waals surface area (Å²) in [6, 6.07) is 7.49. The number of piperidine rings is 1. The number of hydrogen-bond donors (Lipinski definition) is 1. The van der Waals surface area contributed by atoms with E-state index in [1.165, 1.54) is 4.90 Å². The van der Waals surface area contributed by atoms with Crippen molar-refractivity contribution in [3.05, 3.63) is 24.3 Å². The molecule has 1 heterocycles.